The van der Waals surface area contributed by atoms with Gasteiger partial charge in [-0.1, -0.05) is 24.3 Å². The summed E-state index contributed by atoms with van der Waals surface area (Å²) in [5.41, 5.74) is 14.3. The molecule has 0 saturated heterocycles. The molecule has 1 amide bonds. The van der Waals surface area contributed by atoms with Gasteiger partial charge in [0.05, 0.1) is 17.8 Å². The average Bonchev–Trinajstić information content (AvgIpc) is 3.44. The van der Waals surface area contributed by atoms with Crippen LogP contribution in [-0.2, 0) is 32.4 Å². The molecule has 0 spiro atoms. The van der Waals surface area contributed by atoms with Crippen molar-refractivity contribution in [2.45, 2.75) is 38.4 Å². The van der Waals surface area contributed by atoms with Gasteiger partial charge in [-0.25, -0.2) is 9.97 Å². The number of hydrazine groups is 1. The second-order valence-corrected chi connectivity index (χ2v) is 8.62. The van der Waals surface area contributed by atoms with E-state index in [9.17, 15) is 4.79 Å². The lowest BCUT2D eigenvalue weighted by atomic mass is 10.1. The number of nitrogens with two attached hydrogens (primary N) is 2. The van der Waals surface area contributed by atoms with Gasteiger partial charge in [-0.3, -0.25) is 10.6 Å². The van der Waals surface area contributed by atoms with Crippen LogP contribution in [-0.4, -0.2) is 37.9 Å². The molecule has 2 aromatic heterocycles. The van der Waals surface area contributed by atoms with Crippen molar-refractivity contribution in [3.63, 3.8) is 0 Å². The standard InChI is InChI=1S/C24H28N8O/c25-20(12-28-26)15-31-7-5-18(13-31)23(33)32-8-6-22-19(14-32)11-27-24(30-22)29-21-9-16-3-1-2-4-17(16)10-21/h1-5,7,11-13,21,28H,6,8-10,14-15,25-26H2,(H,27,29,30)/b20-12-. The van der Waals surface area contributed by atoms with E-state index in [2.05, 4.69) is 40.0 Å². The van der Waals surface area contributed by atoms with Gasteiger partial charge in [0.25, 0.3) is 5.91 Å². The van der Waals surface area contributed by atoms with Crippen molar-refractivity contribution < 1.29 is 4.79 Å². The summed E-state index contributed by atoms with van der Waals surface area (Å²) in [5, 5.41) is 3.49. The summed E-state index contributed by atoms with van der Waals surface area (Å²) in [5.74, 6) is 5.91. The van der Waals surface area contributed by atoms with Gasteiger partial charge in [0, 0.05) is 61.6 Å². The van der Waals surface area contributed by atoms with Gasteiger partial charge < -0.3 is 25.9 Å². The smallest absolute Gasteiger partial charge is 0.255 e. The number of anilines is 1. The first kappa shape index (κ1) is 21.0. The van der Waals surface area contributed by atoms with Crippen molar-refractivity contribution in [1.82, 2.24) is 24.9 Å². The van der Waals surface area contributed by atoms with Crippen LogP contribution in [0.15, 0.2) is 60.8 Å². The van der Waals surface area contributed by atoms with Gasteiger partial charge >= 0.3 is 0 Å². The molecule has 1 aromatic carbocycles. The van der Waals surface area contributed by atoms with Gasteiger partial charge in [0.15, 0.2) is 0 Å². The largest absolute Gasteiger partial charge is 0.399 e. The Kier molecular flexibility index (Phi) is 5.70. The van der Waals surface area contributed by atoms with Gasteiger partial charge in [-0.15, -0.1) is 0 Å². The third-order valence-electron chi connectivity index (χ3n) is 6.24. The zero-order valence-electron chi connectivity index (χ0n) is 18.4. The maximum atomic E-state index is 13.0. The number of amides is 1. The molecule has 0 unspecified atom stereocenters. The van der Waals surface area contributed by atoms with E-state index in [0.717, 1.165) is 24.1 Å². The monoisotopic (exact) mass is 444 g/mol. The maximum Gasteiger partial charge on any atom is 0.255 e. The van der Waals surface area contributed by atoms with Crippen molar-refractivity contribution in [1.29, 1.82) is 0 Å². The number of aromatic nitrogens is 3. The van der Waals surface area contributed by atoms with E-state index in [0.29, 0.717) is 49.3 Å². The van der Waals surface area contributed by atoms with E-state index in [1.54, 1.807) is 6.20 Å². The number of allylic oxidation sites excluding steroid dienone is 1. The Hall–Kier alpha value is -3.85. The number of rotatable bonds is 6. The van der Waals surface area contributed by atoms with Gasteiger partial charge in [-0.05, 0) is 30.0 Å². The minimum atomic E-state index is -0.00942. The molecule has 6 N–H and O–H groups in total. The molecule has 5 rings (SSSR count). The molecular formula is C24H28N8O. The second kappa shape index (κ2) is 8.95. The fourth-order valence-corrected chi connectivity index (χ4v) is 4.61. The van der Waals surface area contributed by atoms with Crippen molar-refractivity contribution in [2.24, 2.45) is 11.6 Å². The predicted octanol–water partition coefficient (Wildman–Crippen LogP) is 1.32. The number of nitrogens with one attached hydrogen (secondary N) is 2. The van der Waals surface area contributed by atoms with Crippen LogP contribution in [0, 0.1) is 0 Å². The third kappa shape index (κ3) is 4.54. The number of nitrogens with zero attached hydrogens (tertiary/aromatic N) is 4. The van der Waals surface area contributed by atoms with Crippen LogP contribution < -0.4 is 22.3 Å². The topological polar surface area (TPSA) is 127 Å². The lowest BCUT2D eigenvalue weighted by Crippen LogP contribution is -2.36. The summed E-state index contributed by atoms with van der Waals surface area (Å²) in [6.45, 7) is 1.59. The zero-order valence-corrected chi connectivity index (χ0v) is 18.4. The van der Waals surface area contributed by atoms with Crippen molar-refractivity contribution in [3.05, 3.63) is 88.8 Å². The lowest BCUT2D eigenvalue weighted by molar-refractivity contribution is 0.0733. The normalized spacial score (nSPS) is 15.8. The minimum absolute atomic E-state index is 0.00942. The van der Waals surface area contributed by atoms with Crippen LogP contribution in [0.2, 0.25) is 0 Å². The van der Waals surface area contributed by atoms with E-state index < -0.39 is 0 Å². The summed E-state index contributed by atoms with van der Waals surface area (Å²) in [7, 11) is 0. The van der Waals surface area contributed by atoms with Crippen LogP contribution in [0.4, 0.5) is 5.95 Å². The van der Waals surface area contributed by atoms with Crippen molar-refractivity contribution in [3.8, 4) is 0 Å². The molecule has 170 valence electrons. The number of hydrogen-bond donors (Lipinski definition) is 4. The van der Waals surface area contributed by atoms with Crippen LogP contribution in [0.25, 0.3) is 0 Å². The second-order valence-electron chi connectivity index (χ2n) is 8.62. The quantitative estimate of drug-likeness (QED) is 0.334. The maximum absolute atomic E-state index is 13.0. The lowest BCUT2D eigenvalue weighted by Gasteiger charge is -2.28. The SMILES string of the molecule is NN/C=C(\N)Cn1ccc(C(=O)N2CCc3nc(NC4Cc5ccccc5C4)ncc3C2)c1. The van der Waals surface area contributed by atoms with Crippen LogP contribution >= 0.6 is 0 Å². The third-order valence-corrected chi connectivity index (χ3v) is 6.24. The molecule has 0 saturated carbocycles. The molecule has 2 aliphatic rings. The highest BCUT2D eigenvalue weighted by Gasteiger charge is 2.25. The summed E-state index contributed by atoms with van der Waals surface area (Å²) in [6.07, 6.45) is 9.70. The van der Waals surface area contributed by atoms with E-state index in [4.69, 9.17) is 16.6 Å². The Bertz CT molecular complexity index is 1180. The van der Waals surface area contributed by atoms with Crippen molar-refractivity contribution in [2.75, 3.05) is 11.9 Å². The first-order valence-electron chi connectivity index (χ1n) is 11.1. The number of carbonyl (C=O) groups is 1. The summed E-state index contributed by atoms with van der Waals surface area (Å²) in [6, 6.07) is 10.7. The predicted molar refractivity (Wildman–Crippen MR) is 126 cm³/mol. The molecule has 33 heavy (non-hydrogen) atoms. The van der Waals surface area contributed by atoms with Crippen LogP contribution in [0.5, 0.6) is 0 Å². The molecule has 0 fully saturated rings. The fraction of sp³-hybridized carbons (Fsp3) is 0.292. The molecule has 3 aromatic rings. The highest BCUT2D eigenvalue weighted by atomic mass is 16.2. The Morgan fingerprint density at radius 1 is 1.18 bits per heavy atom. The van der Waals surface area contributed by atoms with Gasteiger partial charge in [0.2, 0.25) is 5.95 Å². The Morgan fingerprint density at radius 3 is 2.73 bits per heavy atom. The number of hydrogen-bond acceptors (Lipinski definition) is 7. The highest BCUT2D eigenvalue weighted by Crippen LogP contribution is 2.25. The van der Waals surface area contributed by atoms with Crippen molar-refractivity contribution >= 4 is 11.9 Å². The number of benzene rings is 1. The first-order chi connectivity index (χ1) is 16.1. The minimum Gasteiger partial charge on any atom is -0.399 e. The molecule has 1 aliphatic carbocycles. The van der Waals surface area contributed by atoms with Gasteiger partial charge in [-0.2, -0.15) is 0 Å². The molecule has 3 heterocycles. The van der Waals surface area contributed by atoms with E-state index in [-0.39, 0.29) is 5.91 Å². The summed E-state index contributed by atoms with van der Waals surface area (Å²) in [4.78, 5) is 24.2. The van der Waals surface area contributed by atoms with E-state index >= 15 is 0 Å². The Morgan fingerprint density at radius 2 is 1.97 bits per heavy atom. The molecular weight excluding hydrogens is 416 g/mol. The van der Waals surface area contributed by atoms with Crippen LogP contribution in [0.3, 0.4) is 0 Å². The summed E-state index contributed by atoms with van der Waals surface area (Å²) >= 11 is 0. The van der Waals surface area contributed by atoms with Gasteiger partial charge in [0.1, 0.15) is 0 Å². The molecule has 0 radical (unpaired) electrons. The molecule has 1 aliphatic heterocycles. The Labute approximate surface area is 192 Å². The molecule has 9 nitrogen and oxygen atoms in total. The highest BCUT2D eigenvalue weighted by molar-refractivity contribution is 5.94. The average molecular weight is 445 g/mol. The zero-order chi connectivity index (χ0) is 22.8. The number of fused-ring (bicyclic) bond motifs is 2. The first-order valence-corrected chi connectivity index (χ1v) is 11.1. The van der Waals surface area contributed by atoms with E-state index in [1.807, 2.05) is 27.9 Å². The van der Waals surface area contributed by atoms with E-state index in [1.165, 1.54) is 17.3 Å². The summed E-state index contributed by atoms with van der Waals surface area (Å²) < 4.78 is 1.86. The molecule has 0 bridgehead atoms. The molecule has 0 atom stereocenters. The Balaban J connectivity index is 1.21. The number of carbonyl (C=O) groups excluding carboxylic acids is 1. The molecule has 9 heteroatoms. The van der Waals surface area contributed by atoms with Crippen LogP contribution in [0.1, 0.15) is 32.7 Å². The fourth-order valence-electron chi connectivity index (χ4n) is 4.61.